The maximum Gasteiger partial charge on any atom is 0.303 e. The molecular weight excluding hydrogens is 186 g/mol. The molecule has 0 aromatic rings. The largest absolute Gasteiger partial charge is 0.481 e. The van der Waals surface area contributed by atoms with E-state index in [1.807, 2.05) is 0 Å². The molecule has 0 bridgehead atoms. The lowest BCUT2D eigenvalue weighted by Crippen LogP contribution is -2.45. The van der Waals surface area contributed by atoms with E-state index in [1.54, 1.807) is 13.8 Å². The zero-order valence-corrected chi connectivity index (χ0v) is 8.79. The van der Waals surface area contributed by atoms with Crippen molar-refractivity contribution in [3.8, 4) is 0 Å². The molecule has 0 heterocycles. The third-order valence-corrected chi connectivity index (χ3v) is 1.72. The quantitative estimate of drug-likeness (QED) is 0.655. The Labute approximate surface area is 83.4 Å². The first-order valence-corrected chi connectivity index (χ1v) is 4.39. The number of nitrogens with one attached hydrogen (secondary N) is 1. The van der Waals surface area contributed by atoms with Gasteiger partial charge in [0, 0.05) is 19.1 Å². The summed E-state index contributed by atoms with van der Waals surface area (Å²) in [6.45, 7) is 3.56. The highest BCUT2D eigenvalue weighted by atomic mass is 16.5. The lowest BCUT2D eigenvalue weighted by Gasteiger charge is -2.25. The monoisotopic (exact) mass is 203 g/mol. The average Bonchev–Trinajstić information content (AvgIpc) is 2.00. The Morgan fingerprint density at radius 3 is 2.43 bits per heavy atom. The van der Waals surface area contributed by atoms with E-state index in [0.717, 1.165) is 0 Å². The number of hydrogen-bond donors (Lipinski definition) is 2. The van der Waals surface area contributed by atoms with Crippen molar-refractivity contribution in [1.82, 2.24) is 5.32 Å². The number of rotatable bonds is 6. The van der Waals surface area contributed by atoms with Crippen LogP contribution in [-0.4, -0.2) is 36.2 Å². The third-order valence-electron chi connectivity index (χ3n) is 1.72. The van der Waals surface area contributed by atoms with Crippen LogP contribution >= 0.6 is 0 Å². The van der Waals surface area contributed by atoms with Gasteiger partial charge in [-0.1, -0.05) is 0 Å². The lowest BCUT2D eigenvalue weighted by molar-refractivity contribution is -0.138. The Morgan fingerprint density at radius 2 is 2.00 bits per heavy atom. The number of methoxy groups -OCH3 is 1. The SMILES string of the molecule is COCC(=O)NC(C)(C)CCC(=O)O. The number of carbonyl (C=O) groups excluding carboxylic acids is 1. The number of carboxylic acid groups (broad SMARTS) is 1. The maximum absolute atomic E-state index is 11.1. The number of carbonyl (C=O) groups is 2. The van der Waals surface area contributed by atoms with E-state index >= 15 is 0 Å². The summed E-state index contributed by atoms with van der Waals surface area (Å²) in [5.41, 5.74) is -0.506. The van der Waals surface area contributed by atoms with Gasteiger partial charge in [-0.2, -0.15) is 0 Å². The van der Waals surface area contributed by atoms with Gasteiger partial charge in [0.05, 0.1) is 0 Å². The van der Waals surface area contributed by atoms with E-state index in [9.17, 15) is 9.59 Å². The van der Waals surface area contributed by atoms with Gasteiger partial charge in [-0.05, 0) is 20.3 Å². The van der Waals surface area contributed by atoms with Crippen molar-refractivity contribution in [3.63, 3.8) is 0 Å². The molecule has 0 fully saturated rings. The molecule has 0 rings (SSSR count). The highest BCUT2D eigenvalue weighted by Gasteiger charge is 2.20. The molecule has 0 aromatic heterocycles. The van der Waals surface area contributed by atoms with Gasteiger partial charge in [-0.15, -0.1) is 0 Å². The first kappa shape index (κ1) is 12.9. The average molecular weight is 203 g/mol. The number of hydrogen-bond acceptors (Lipinski definition) is 3. The second-order valence-electron chi connectivity index (χ2n) is 3.76. The second kappa shape index (κ2) is 5.59. The minimum absolute atomic E-state index is 0.00347. The predicted molar refractivity (Wildman–Crippen MR) is 51.0 cm³/mol. The Kier molecular flexibility index (Phi) is 5.15. The molecule has 5 nitrogen and oxygen atoms in total. The second-order valence-corrected chi connectivity index (χ2v) is 3.76. The Hall–Kier alpha value is -1.10. The summed E-state index contributed by atoms with van der Waals surface area (Å²) < 4.78 is 4.65. The number of ether oxygens (including phenoxy) is 1. The van der Waals surface area contributed by atoms with Gasteiger partial charge in [-0.3, -0.25) is 9.59 Å². The molecular formula is C9H17NO4. The van der Waals surface area contributed by atoms with Gasteiger partial charge >= 0.3 is 5.97 Å². The molecule has 0 saturated carbocycles. The molecule has 1 amide bonds. The highest BCUT2D eigenvalue weighted by molar-refractivity contribution is 5.78. The van der Waals surface area contributed by atoms with E-state index in [4.69, 9.17) is 5.11 Å². The molecule has 0 saturated heterocycles. The van der Waals surface area contributed by atoms with Gasteiger partial charge in [0.2, 0.25) is 5.91 Å². The number of aliphatic carboxylic acids is 1. The van der Waals surface area contributed by atoms with E-state index < -0.39 is 11.5 Å². The summed E-state index contributed by atoms with van der Waals surface area (Å²) in [6.07, 6.45) is 0.443. The molecule has 0 aromatic carbocycles. The zero-order chi connectivity index (χ0) is 11.2. The molecule has 0 spiro atoms. The normalized spacial score (nSPS) is 11.1. The Balaban J connectivity index is 3.93. The van der Waals surface area contributed by atoms with Gasteiger partial charge in [0.1, 0.15) is 6.61 Å². The van der Waals surface area contributed by atoms with E-state index in [1.165, 1.54) is 7.11 Å². The third kappa shape index (κ3) is 6.42. The van der Waals surface area contributed by atoms with Crippen molar-refractivity contribution in [2.75, 3.05) is 13.7 Å². The van der Waals surface area contributed by atoms with Gasteiger partial charge < -0.3 is 15.2 Å². The van der Waals surface area contributed by atoms with Gasteiger partial charge in [0.15, 0.2) is 0 Å². The molecule has 82 valence electrons. The highest BCUT2D eigenvalue weighted by Crippen LogP contribution is 2.10. The van der Waals surface area contributed by atoms with Crippen LogP contribution in [0.1, 0.15) is 26.7 Å². The van der Waals surface area contributed by atoms with Crippen LogP contribution in [0.25, 0.3) is 0 Å². The van der Waals surface area contributed by atoms with E-state index in [0.29, 0.717) is 6.42 Å². The summed E-state index contributed by atoms with van der Waals surface area (Å²) in [5.74, 6) is -1.10. The fourth-order valence-corrected chi connectivity index (χ4v) is 1.03. The fraction of sp³-hybridized carbons (Fsp3) is 0.778. The minimum Gasteiger partial charge on any atom is -0.481 e. The molecule has 2 N–H and O–H groups in total. The summed E-state index contributed by atoms with van der Waals surface area (Å²) in [4.78, 5) is 21.4. The van der Waals surface area contributed by atoms with Crippen LogP contribution in [-0.2, 0) is 14.3 Å². The molecule has 0 aliphatic heterocycles. The van der Waals surface area contributed by atoms with Crippen LogP contribution in [0.2, 0.25) is 0 Å². The van der Waals surface area contributed by atoms with Gasteiger partial charge in [-0.25, -0.2) is 0 Å². The lowest BCUT2D eigenvalue weighted by atomic mass is 9.98. The maximum atomic E-state index is 11.1. The minimum atomic E-state index is -0.862. The van der Waals surface area contributed by atoms with Crippen LogP contribution < -0.4 is 5.32 Å². The van der Waals surface area contributed by atoms with Crippen molar-refractivity contribution >= 4 is 11.9 Å². The molecule has 0 radical (unpaired) electrons. The van der Waals surface area contributed by atoms with Crippen LogP contribution in [0.5, 0.6) is 0 Å². The smallest absolute Gasteiger partial charge is 0.303 e. The van der Waals surface area contributed by atoms with Crippen LogP contribution in [0, 0.1) is 0 Å². The van der Waals surface area contributed by atoms with Crippen molar-refractivity contribution < 1.29 is 19.4 Å². The number of amides is 1. The molecule has 0 aliphatic carbocycles. The summed E-state index contributed by atoms with van der Waals surface area (Å²) in [5, 5.41) is 11.2. The standard InChI is InChI=1S/C9H17NO4/c1-9(2,5-4-8(12)13)10-7(11)6-14-3/h4-6H2,1-3H3,(H,10,11)(H,12,13). The first-order chi connectivity index (χ1) is 6.37. The van der Waals surface area contributed by atoms with Crippen LogP contribution in [0.4, 0.5) is 0 Å². The molecule has 5 heteroatoms. The molecule has 0 unspecified atom stereocenters. The molecule has 0 aliphatic rings. The predicted octanol–water partition coefficient (Wildman–Crippen LogP) is 0.392. The van der Waals surface area contributed by atoms with E-state index in [-0.39, 0.29) is 18.9 Å². The van der Waals surface area contributed by atoms with Crippen molar-refractivity contribution in [3.05, 3.63) is 0 Å². The Bertz CT molecular complexity index is 213. The topological polar surface area (TPSA) is 75.6 Å². The first-order valence-electron chi connectivity index (χ1n) is 4.39. The van der Waals surface area contributed by atoms with Gasteiger partial charge in [0.25, 0.3) is 0 Å². The van der Waals surface area contributed by atoms with Crippen LogP contribution in [0.3, 0.4) is 0 Å². The van der Waals surface area contributed by atoms with Crippen molar-refractivity contribution in [2.24, 2.45) is 0 Å². The van der Waals surface area contributed by atoms with Crippen molar-refractivity contribution in [2.45, 2.75) is 32.2 Å². The fourth-order valence-electron chi connectivity index (χ4n) is 1.03. The summed E-state index contributed by atoms with van der Waals surface area (Å²) in [6, 6.07) is 0. The molecule has 14 heavy (non-hydrogen) atoms. The van der Waals surface area contributed by atoms with Crippen LogP contribution in [0.15, 0.2) is 0 Å². The van der Waals surface area contributed by atoms with E-state index in [2.05, 4.69) is 10.1 Å². The zero-order valence-electron chi connectivity index (χ0n) is 8.79. The Morgan fingerprint density at radius 1 is 1.43 bits per heavy atom. The molecule has 0 atom stereocenters. The number of carboxylic acids is 1. The summed E-state index contributed by atoms with van der Waals surface area (Å²) in [7, 11) is 1.43. The summed E-state index contributed by atoms with van der Waals surface area (Å²) >= 11 is 0. The van der Waals surface area contributed by atoms with Crippen molar-refractivity contribution in [1.29, 1.82) is 0 Å².